The summed E-state index contributed by atoms with van der Waals surface area (Å²) in [5, 5.41) is 0. The highest BCUT2D eigenvalue weighted by molar-refractivity contribution is 5.74. The predicted octanol–water partition coefficient (Wildman–Crippen LogP) is 10.2. The van der Waals surface area contributed by atoms with Gasteiger partial charge in [0.2, 0.25) is 0 Å². The van der Waals surface area contributed by atoms with Gasteiger partial charge >= 0.3 is 0 Å². The van der Waals surface area contributed by atoms with Crippen molar-refractivity contribution in [3.8, 4) is 11.5 Å². The molecular formula is C36H54O4. The maximum absolute atomic E-state index is 9.96. The topological polar surface area (TPSA) is 52.6 Å². The normalized spacial score (nSPS) is 8.50. The van der Waals surface area contributed by atoms with E-state index in [2.05, 4.69) is 0 Å². The van der Waals surface area contributed by atoms with Crippen LogP contribution in [0.15, 0.2) is 84.9 Å². The third kappa shape index (κ3) is 25.7. The second-order valence-electron chi connectivity index (χ2n) is 6.69. The largest absolute Gasteiger partial charge is 0.497 e. The second-order valence-corrected chi connectivity index (χ2v) is 6.69. The Hall–Kier alpha value is -3.92. The molecule has 40 heavy (non-hydrogen) atoms. The average molecular weight is 551 g/mol. The van der Waals surface area contributed by atoms with Crippen molar-refractivity contribution >= 4 is 24.7 Å². The first kappa shape index (κ1) is 43.1. The van der Waals surface area contributed by atoms with E-state index in [-0.39, 0.29) is 0 Å². The molecule has 0 N–H and O–H groups in total. The van der Waals surface area contributed by atoms with Crippen LogP contribution >= 0.6 is 0 Å². The van der Waals surface area contributed by atoms with Crippen LogP contribution in [0.3, 0.4) is 0 Å². The molecule has 0 atom stereocenters. The molecule has 4 nitrogen and oxygen atoms in total. The summed E-state index contributed by atoms with van der Waals surface area (Å²) in [6.07, 6.45) is 8.11. The number of ether oxygens (including phenoxy) is 2. The number of aldehydes is 2. The van der Waals surface area contributed by atoms with Gasteiger partial charge in [0.25, 0.3) is 0 Å². The summed E-state index contributed by atoms with van der Waals surface area (Å²) in [5.74, 6) is 1.70. The van der Waals surface area contributed by atoms with E-state index >= 15 is 0 Å². The molecule has 222 valence electrons. The first-order chi connectivity index (χ1) is 19.5. The van der Waals surface area contributed by atoms with Crippen molar-refractivity contribution < 1.29 is 19.1 Å². The van der Waals surface area contributed by atoms with Gasteiger partial charge in [-0.25, -0.2) is 0 Å². The van der Waals surface area contributed by atoms with Crippen molar-refractivity contribution in [2.75, 3.05) is 14.2 Å². The van der Waals surface area contributed by atoms with Crippen molar-refractivity contribution in [2.24, 2.45) is 0 Å². The van der Waals surface area contributed by atoms with Gasteiger partial charge in [0.15, 0.2) is 0 Å². The molecule has 3 aromatic carbocycles. The highest BCUT2D eigenvalue weighted by atomic mass is 16.5. The van der Waals surface area contributed by atoms with Crippen LogP contribution in [0.25, 0.3) is 12.2 Å². The lowest BCUT2D eigenvalue weighted by atomic mass is 10.1. The Kier molecular flexibility index (Phi) is 37.8. The standard InChI is InChI=1S/2C10H10O.C8H10O2.4C2H6/c2*1-9-4-6-10(7-5-9)3-2-8-11;1-9-7-3-5-8(10-2)6-4-7;4*1-2/h2*2-8H,1H3;3-6H,1-2H3;4*1-2H3/b2*3-2+;;;;;. The van der Waals surface area contributed by atoms with Crippen molar-refractivity contribution in [1.82, 2.24) is 0 Å². The molecule has 0 radical (unpaired) electrons. The summed E-state index contributed by atoms with van der Waals surface area (Å²) in [7, 11) is 3.28. The van der Waals surface area contributed by atoms with Crippen LogP contribution < -0.4 is 9.47 Å². The van der Waals surface area contributed by atoms with Gasteiger partial charge in [-0.2, -0.15) is 0 Å². The molecule has 0 aromatic heterocycles. The Morgan fingerprint density at radius 1 is 0.450 bits per heavy atom. The Bertz CT molecular complexity index is 886. The van der Waals surface area contributed by atoms with Gasteiger partial charge in [-0.1, -0.05) is 127 Å². The molecule has 3 aromatic rings. The van der Waals surface area contributed by atoms with E-state index < -0.39 is 0 Å². The van der Waals surface area contributed by atoms with Crippen LogP contribution in [-0.2, 0) is 9.59 Å². The molecule has 3 rings (SSSR count). The number of hydrogen-bond acceptors (Lipinski definition) is 4. The van der Waals surface area contributed by atoms with Gasteiger partial charge in [-0.3, -0.25) is 9.59 Å². The molecule has 0 aliphatic rings. The number of carbonyl (C=O) groups excluding carboxylic acids is 2. The van der Waals surface area contributed by atoms with E-state index in [1.807, 2.05) is 142 Å². The Morgan fingerprint density at radius 3 is 0.900 bits per heavy atom. The van der Waals surface area contributed by atoms with Gasteiger partial charge < -0.3 is 9.47 Å². The molecular weight excluding hydrogens is 496 g/mol. The van der Waals surface area contributed by atoms with E-state index in [1.165, 1.54) is 23.3 Å². The van der Waals surface area contributed by atoms with E-state index in [0.717, 1.165) is 35.2 Å². The van der Waals surface area contributed by atoms with Crippen molar-refractivity contribution in [3.63, 3.8) is 0 Å². The molecule has 0 aliphatic heterocycles. The number of benzene rings is 3. The summed E-state index contributed by atoms with van der Waals surface area (Å²) < 4.78 is 9.92. The number of rotatable bonds is 6. The average Bonchev–Trinajstić information content (AvgIpc) is 3.05. The number of aryl methyl sites for hydroxylation is 2. The van der Waals surface area contributed by atoms with Gasteiger partial charge in [0.05, 0.1) is 14.2 Å². The number of hydrogen-bond donors (Lipinski definition) is 0. The van der Waals surface area contributed by atoms with Crippen molar-refractivity contribution in [3.05, 3.63) is 107 Å². The van der Waals surface area contributed by atoms with Gasteiger partial charge in [0, 0.05) is 0 Å². The zero-order valence-corrected chi connectivity index (χ0v) is 27.0. The molecule has 0 heterocycles. The molecule has 0 bridgehead atoms. The minimum Gasteiger partial charge on any atom is -0.497 e. The lowest BCUT2D eigenvalue weighted by molar-refractivity contribution is -0.104. The maximum atomic E-state index is 9.96. The van der Waals surface area contributed by atoms with E-state index in [1.54, 1.807) is 26.4 Å². The fourth-order valence-electron chi connectivity index (χ4n) is 2.37. The van der Waals surface area contributed by atoms with Crippen LogP contribution in [0, 0.1) is 13.8 Å². The summed E-state index contributed by atoms with van der Waals surface area (Å²) in [5.41, 5.74) is 4.58. The fraction of sp³-hybridized carbons (Fsp3) is 0.333. The van der Waals surface area contributed by atoms with Gasteiger partial charge in [0.1, 0.15) is 24.1 Å². The lowest BCUT2D eigenvalue weighted by Gasteiger charge is -2.00. The smallest absolute Gasteiger partial charge is 0.142 e. The SMILES string of the molecule is CC.CC.CC.CC.COc1ccc(OC)cc1.Cc1ccc(/C=C/C=O)cc1.Cc1ccc(/C=C/C=O)cc1. The molecule has 0 saturated heterocycles. The minimum absolute atomic E-state index is 0.778. The van der Waals surface area contributed by atoms with Crippen LogP contribution in [0.4, 0.5) is 0 Å². The zero-order chi connectivity index (χ0) is 31.6. The van der Waals surface area contributed by atoms with Crippen molar-refractivity contribution in [1.29, 1.82) is 0 Å². The number of allylic oxidation sites excluding steroid dienone is 2. The summed E-state index contributed by atoms with van der Waals surface area (Å²) in [4.78, 5) is 19.9. The van der Waals surface area contributed by atoms with E-state index in [4.69, 9.17) is 9.47 Å². The molecule has 0 fully saturated rings. The predicted molar refractivity (Wildman–Crippen MR) is 177 cm³/mol. The highest BCUT2D eigenvalue weighted by Gasteiger charge is 1.90. The third-order valence-electron chi connectivity index (χ3n) is 4.18. The van der Waals surface area contributed by atoms with Crippen LogP contribution in [0.2, 0.25) is 0 Å². The summed E-state index contributed by atoms with van der Waals surface area (Å²) in [6, 6.07) is 23.4. The Balaban J connectivity index is -0.000000215. The molecule has 0 spiro atoms. The molecule has 4 heteroatoms. The van der Waals surface area contributed by atoms with Crippen molar-refractivity contribution in [2.45, 2.75) is 69.2 Å². The Labute approximate surface area is 245 Å². The second kappa shape index (κ2) is 35.1. The Morgan fingerprint density at radius 2 is 0.700 bits per heavy atom. The quantitative estimate of drug-likeness (QED) is 0.226. The molecule has 0 amide bonds. The van der Waals surface area contributed by atoms with E-state index in [0.29, 0.717) is 0 Å². The lowest BCUT2D eigenvalue weighted by Crippen LogP contribution is -1.83. The van der Waals surface area contributed by atoms with Crippen LogP contribution in [0.5, 0.6) is 11.5 Å². The molecule has 0 aliphatic carbocycles. The monoisotopic (exact) mass is 550 g/mol. The fourth-order valence-corrected chi connectivity index (χ4v) is 2.37. The summed E-state index contributed by atoms with van der Waals surface area (Å²) >= 11 is 0. The summed E-state index contributed by atoms with van der Waals surface area (Å²) in [6.45, 7) is 20.1. The van der Waals surface area contributed by atoms with Gasteiger partial charge in [-0.05, 0) is 61.4 Å². The van der Waals surface area contributed by atoms with Crippen LogP contribution in [-0.4, -0.2) is 26.8 Å². The number of carbonyl (C=O) groups is 2. The molecule has 0 unspecified atom stereocenters. The minimum atomic E-state index is 0.778. The van der Waals surface area contributed by atoms with Gasteiger partial charge in [-0.15, -0.1) is 0 Å². The highest BCUT2D eigenvalue weighted by Crippen LogP contribution is 2.15. The maximum Gasteiger partial charge on any atom is 0.142 e. The van der Waals surface area contributed by atoms with Crippen LogP contribution in [0.1, 0.15) is 77.6 Å². The zero-order valence-electron chi connectivity index (χ0n) is 27.0. The first-order valence-corrected chi connectivity index (χ1v) is 14.1. The first-order valence-electron chi connectivity index (χ1n) is 14.1. The van der Waals surface area contributed by atoms with E-state index in [9.17, 15) is 9.59 Å². The molecule has 0 saturated carbocycles. The number of methoxy groups -OCH3 is 2. The third-order valence-corrected chi connectivity index (χ3v) is 4.18.